The number of aryl methyl sites for hydroxylation is 1. The third-order valence-corrected chi connectivity index (χ3v) is 4.46. The maximum atomic E-state index is 12.1. The number of likely N-dealkylation sites (N-methyl/N-ethyl adjacent to an activating group) is 1. The lowest BCUT2D eigenvalue weighted by Crippen LogP contribution is -2.40. The smallest absolute Gasteiger partial charge is 0.224 e. The molecule has 0 saturated carbocycles. The van der Waals surface area contributed by atoms with Crippen LogP contribution in [0.3, 0.4) is 0 Å². The minimum atomic E-state index is 0.0448. The summed E-state index contributed by atoms with van der Waals surface area (Å²) in [7, 11) is 1.87. The number of hydrogen-bond acceptors (Lipinski definition) is 4. The molecule has 0 aliphatic carbocycles. The second-order valence-electron chi connectivity index (χ2n) is 6.17. The van der Waals surface area contributed by atoms with Gasteiger partial charge in [0.05, 0.1) is 6.04 Å². The summed E-state index contributed by atoms with van der Waals surface area (Å²) in [6.07, 6.45) is 8.87. The Bertz CT molecular complexity index is 628. The average molecular weight is 313 g/mol. The van der Waals surface area contributed by atoms with Crippen molar-refractivity contribution in [1.29, 1.82) is 0 Å². The molecule has 0 radical (unpaired) electrons. The van der Waals surface area contributed by atoms with Crippen molar-refractivity contribution in [2.45, 2.75) is 44.4 Å². The highest BCUT2D eigenvalue weighted by Gasteiger charge is 2.38. The van der Waals surface area contributed by atoms with E-state index in [2.05, 4.69) is 22.3 Å². The fourth-order valence-corrected chi connectivity index (χ4v) is 3.23. The summed E-state index contributed by atoms with van der Waals surface area (Å²) in [5, 5.41) is 7.84. The first-order valence-electron chi connectivity index (χ1n) is 8.04. The van der Waals surface area contributed by atoms with Crippen molar-refractivity contribution in [3.63, 3.8) is 0 Å². The number of carbonyl (C=O) groups excluding carboxylic acids is 1. The normalized spacial score (nSPS) is 22.5. The molecule has 3 atom stereocenters. The van der Waals surface area contributed by atoms with Gasteiger partial charge < -0.3 is 10.2 Å². The van der Waals surface area contributed by atoms with Crippen LogP contribution < -0.4 is 5.32 Å². The van der Waals surface area contributed by atoms with Gasteiger partial charge >= 0.3 is 0 Å². The molecule has 6 nitrogen and oxygen atoms in total. The number of rotatable bonds is 6. The molecule has 1 saturated heterocycles. The van der Waals surface area contributed by atoms with Crippen molar-refractivity contribution in [2.24, 2.45) is 0 Å². The van der Waals surface area contributed by atoms with Gasteiger partial charge in [0.25, 0.3) is 0 Å². The minimum Gasteiger partial charge on any atom is -0.337 e. The van der Waals surface area contributed by atoms with Crippen molar-refractivity contribution >= 4 is 5.91 Å². The van der Waals surface area contributed by atoms with Gasteiger partial charge in [-0.1, -0.05) is 6.07 Å². The molecule has 23 heavy (non-hydrogen) atoms. The van der Waals surface area contributed by atoms with Gasteiger partial charge in [-0.05, 0) is 31.0 Å². The monoisotopic (exact) mass is 313 g/mol. The van der Waals surface area contributed by atoms with Crippen LogP contribution in [-0.4, -0.2) is 44.7 Å². The minimum absolute atomic E-state index is 0.0448. The lowest BCUT2D eigenvalue weighted by Gasteiger charge is -2.28. The molecule has 6 heteroatoms. The molecule has 1 aliphatic heterocycles. The van der Waals surface area contributed by atoms with Gasteiger partial charge in [-0.2, -0.15) is 5.10 Å². The van der Waals surface area contributed by atoms with E-state index in [0.29, 0.717) is 12.5 Å². The van der Waals surface area contributed by atoms with Crippen LogP contribution in [0.2, 0.25) is 0 Å². The van der Waals surface area contributed by atoms with Gasteiger partial charge in [-0.15, -0.1) is 0 Å². The predicted octanol–water partition coefficient (Wildman–Crippen LogP) is 1.62. The first kappa shape index (κ1) is 15.7. The maximum Gasteiger partial charge on any atom is 0.224 e. The summed E-state index contributed by atoms with van der Waals surface area (Å²) < 4.78 is 1.93. The highest BCUT2D eigenvalue weighted by molar-refractivity contribution is 5.80. The Morgan fingerprint density at radius 2 is 2.26 bits per heavy atom. The lowest BCUT2D eigenvalue weighted by molar-refractivity contribution is -0.127. The Balaban J connectivity index is 1.64. The molecule has 1 aliphatic rings. The first-order chi connectivity index (χ1) is 11.1. The van der Waals surface area contributed by atoms with Crippen LogP contribution >= 0.6 is 0 Å². The molecule has 1 fully saturated rings. The van der Waals surface area contributed by atoms with Crippen molar-refractivity contribution in [2.75, 3.05) is 7.05 Å². The maximum absolute atomic E-state index is 12.1. The van der Waals surface area contributed by atoms with Gasteiger partial charge in [0.15, 0.2) is 0 Å². The molecular formula is C17H23N5O. The van der Waals surface area contributed by atoms with E-state index in [1.165, 1.54) is 0 Å². The van der Waals surface area contributed by atoms with E-state index >= 15 is 0 Å². The Labute approximate surface area is 136 Å². The zero-order chi connectivity index (χ0) is 16.2. The number of nitrogens with one attached hydrogen (secondary N) is 1. The molecular weight excluding hydrogens is 290 g/mol. The molecule has 1 N–H and O–H groups in total. The quantitative estimate of drug-likeness (QED) is 0.880. The van der Waals surface area contributed by atoms with Crippen LogP contribution in [0, 0.1) is 0 Å². The van der Waals surface area contributed by atoms with Crippen molar-refractivity contribution in [1.82, 2.24) is 25.0 Å². The number of aromatic nitrogens is 3. The lowest BCUT2D eigenvalue weighted by atomic mass is 10.0. The zero-order valence-electron chi connectivity index (χ0n) is 13.6. The van der Waals surface area contributed by atoms with Crippen LogP contribution in [-0.2, 0) is 11.3 Å². The molecule has 1 unspecified atom stereocenters. The highest BCUT2D eigenvalue weighted by atomic mass is 16.2. The van der Waals surface area contributed by atoms with E-state index in [1.54, 1.807) is 12.4 Å². The summed E-state index contributed by atoms with van der Waals surface area (Å²) in [6, 6.07) is 6.36. The van der Waals surface area contributed by atoms with Crippen LogP contribution in [0.5, 0.6) is 0 Å². The Morgan fingerprint density at radius 3 is 2.96 bits per heavy atom. The third-order valence-electron chi connectivity index (χ3n) is 4.46. The molecule has 2 aromatic heterocycles. The summed E-state index contributed by atoms with van der Waals surface area (Å²) in [5.41, 5.74) is 1.08. The van der Waals surface area contributed by atoms with Gasteiger partial charge in [-0.25, -0.2) is 0 Å². The molecule has 3 rings (SSSR count). The molecule has 2 aromatic rings. The number of likely N-dealkylation sites (tertiary alicyclic amines) is 1. The number of nitrogens with zero attached hydrogens (tertiary/aromatic N) is 4. The van der Waals surface area contributed by atoms with E-state index in [-0.39, 0.29) is 18.0 Å². The molecule has 0 bridgehead atoms. The van der Waals surface area contributed by atoms with E-state index in [4.69, 9.17) is 0 Å². The SMILES string of the molecule is CC(CCn1cccn1)N[C@@H]1CC(=O)N(C)[C@H]1c1cccnc1. The molecule has 0 aromatic carbocycles. The summed E-state index contributed by atoms with van der Waals surface area (Å²) in [5.74, 6) is 0.177. The standard InChI is InChI=1S/C17H23N5O/c1-13(6-10-22-9-4-8-19-22)20-15-11-16(23)21(2)17(15)14-5-3-7-18-12-14/h3-5,7-9,12-13,15,17,20H,6,10-11H2,1-2H3/t13?,15-,17+/m1/s1. The molecule has 122 valence electrons. The molecule has 0 spiro atoms. The highest BCUT2D eigenvalue weighted by Crippen LogP contribution is 2.31. The fourth-order valence-electron chi connectivity index (χ4n) is 3.23. The van der Waals surface area contributed by atoms with Gasteiger partial charge in [0.2, 0.25) is 5.91 Å². The van der Waals surface area contributed by atoms with E-state index in [0.717, 1.165) is 18.5 Å². The number of hydrogen-bond donors (Lipinski definition) is 1. The molecule has 3 heterocycles. The molecule has 1 amide bonds. The summed E-state index contributed by atoms with van der Waals surface area (Å²) in [4.78, 5) is 18.2. The van der Waals surface area contributed by atoms with Gasteiger partial charge in [0, 0.05) is 56.9 Å². The van der Waals surface area contributed by atoms with Crippen LogP contribution in [0.25, 0.3) is 0 Å². The first-order valence-corrected chi connectivity index (χ1v) is 8.04. The average Bonchev–Trinajstić information content (AvgIpc) is 3.15. The van der Waals surface area contributed by atoms with E-state index < -0.39 is 0 Å². The van der Waals surface area contributed by atoms with Crippen LogP contribution in [0.4, 0.5) is 0 Å². The van der Waals surface area contributed by atoms with E-state index in [9.17, 15) is 4.79 Å². The van der Waals surface area contributed by atoms with Crippen LogP contribution in [0.1, 0.15) is 31.4 Å². The second kappa shape index (κ2) is 6.91. The Kier molecular flexibility index (Phi) is 4.71. The number of carbonyl (C=O) groups is 1. The van der Waals surface area contributed by atoms with Crippen molar-refractivity contribution in [3.05, 3.63) is 48.5 Å². The predicted molar refractivity (Wildman–Crippen MR) is 87.6 cm³/mol. The van der Waals surface area contributed by atoms with E-state index in [1.807, 2.05) is 47.2 Å². The zero-order valence-corrected chi connectivity index (χ0v) is 13.6. The van der Waals surface area contributed by atoms with Gasteiger partial charge in [0.1, 0.15) is 0 Å². The number of amides is 1. The number of pyridine rings is 1. The second-order valence-corrected chi connectivity index (χ2v) is 6.17. The Hall–Kier alpha value is -2.21. The van der Waals surface area contributed by atoms with Crippen molar-refractivity contribution < 1.29 is 4.79 Å². The topological polar surface area (TPSA) is 63.1 Å². The summed E-state index contributed by atoms with van der Waals surface area (Å²) in [6.45, 7) is 3.03. The Morgan fingerprint density at radius 1 is 1.39 bits per heavy atom. The summed E-state index contributed by atoms with van der Waals surface area (Å²) >= 11 is 0. The van der Waals surface area contributed by atoms with Crippen LogP contribution in [0.15, 0.2) is 43.0 Å². The van der Waals surface area contributed by atoms with Crippen molar-refractivity contribution in [3.8, 4) is 0 Å². The van der Waals surface area contributed by atoms with Gasteiger partial charge in [-0.3, -0.25) is 14.5 Å². The largest absolute Gasteiger partial charge is 0.337 e. The third kappa shape index (κ3) is 3.59. The fraction of sp³-hybridized carbons (Fsp3) is 0.471.